The van der Waals surface area contributed by atoms with E-state index in [1.807, 2.05) is 11.8 Å². The van der Waals surface area contributed by atoms with Crippen molar-refractivity contribution < 1.29 is 0 Å². The first-order valence-corrected chi connectivity index (χ1v) is 8.11. The number of hydrogen-bond acceptors (Lipinski definition) is 2. The summed E-state index contributed by atoms with van der Waals surface area (Å²) in [7, 11) is 2.24. The van der Waals surface area contributed by atoms with Gasteiger partial charge in [-0.25, -0.2) is 0 Å². The molecule has 0 bridgehead atoms. The van der Waals surface area contributed by atoms with Crippen molar-refractivity contribution in [1.29, 1.82) is 0 Å². The SMILES string of the molecule is CC(Br)CCN(C)CC1CSc2ccccc21. The van der Waals surface area contributed by atoms with Crippen LogP contribution in [0.15, 0.2) is 29.2 Å². The molecule has 0 spiro atoms. The molecule has 0 saturated carbocycles. The lowest BCUT2D eigenvalue weighted by Crippen LogP contribution is -2.26. The zero-order chi connectivity index (χ0) is 12.3. The van der Waals surface area contributed by atoms with Crippen LogP contribution in [0, 0.1) is 0 Å². The zero-order valence-electron chi connectivity index (χ0n) is 10.5. The lowest BCUT2D eigenvalue weighted by Gasteiger charge is -2.21. The minimum atomic E-state index is 0.621. The van der Waals surface area contributed by atoms with Gasteiger partial charge < -0.3 is 4.90 Å². The van der Waals surface area contributed by atoms with Crippen molar-refractivity contribution in [3.8, 4) is 0 Å². The highest BCUT2D eigenvalue weighted by Gasteiger charge is 2.23. The summed E-state index contributed by atoms with van der Waals surface area (Å²) in [6.07, 6.45) is 1.22. The van der Waals surface area contributed by atoms with Gasteiger partial charge in [0.25, 0.3) is 0 Å². The van der Waals surface area contributed by atoms with Crippen molar-refractivity contribution >= 4 is 27.7 Å². The highest BCUT2D eigenvalue weighted by Crippen LogP contribution is 2.39. The summed E-state index contributed by atoms with van der Waals surface area (Å²) in [4.78, 5) is 4.57. The molecule has 0 fully saturated rings. The van der Waals surface area contributed by atoms with Gasteiger partial charge in [0.05, 0.1) is 0 Å². The van der Waals surface area contributed by atoms with Crippen LogP contribution in [-0.4, -0.2) is 35.6 Å². The van der Waals surface area contributed by atoms with Crippen LogP contribution in [-0.2, 0) is 0 Å². The number of nitrogens with zero attached hydrogens (tertiary/aromatic N) is 1. The van der Waals surface area contributed by atoms with Crippen molar-refractivity contribution in [3.63, 3.8) is 0 Å². The van der Waals surface area contributed by atoms with E-state index in [1.54, 1.807) is 5.56 Å². The smallest absolute Gasteiger partial charge is 0.0129 e. The van der Waals surface area contributed by atoms with E-state index in [0.29, 0.717) is 10.7 Å². The largest absolute Gasteiger partial charge is 0.306 e. The molecule has 0 aliphatic carbocycles. The van der Waals surface area contributed by atoms with Crippen LogP contribution < -0.4 is 0 Å². The fourth-order valence-electron chi connectivity index (χ4n) is 2.25. The molecular formula is C14H20BrNS. The second kappa shape index (κ2) is 6.26. The van der Waals surface area contributed by atoms with Crippen molar-refractivity contribution in [2.24, 2.45) is 0 Å². The molecule has 2 atom stereocenters. The van der Waals surface area contributed by atoms with Crippen LogP contribution in [0.5, 0.6) is 0 Å². The Bertz CT molecular complexity index is 367. The molecule has 1 aromatic rings. The molecule has 0 saturated heterocycles. The summed E-state index contributed by atoms with van der Waals surface area (Å²) in [5, 5.41) is 0. The van der Waals surface area contributed by atoms with Crippen molar-refractivity contribution in [2.45, 2.75) is 29.0 Å². The second-order valence-corrected chi connectivity index (χ2v) is 7.50. The maximum Gasteiger partial charge on any atom is 0.0129 e. The summed E-state index contributed by atoms with van der Waals surface area (Å²) in [6.45, 7) is 4.58. The Kier molecular flexibility index (Phi) is 4.95. The molecular weight excluding hydrogens is 294 g/mol. The number of alkyl halides is 1. The fraction of sp³-hybridized carbons (Fsp3) is 0.571. The number of fused-ring (bicyclic) bond motifs is 1. The predicted molar refractivity (Wildman–Crippen MR) is 80.4 cm³/mol. The van der Waals surface area contributed by atoms with Gasteiger partial charge in [0.15, 0.2) is 0 Å². The molecule has 0 N–H and O–H groups in total. The molecule has 0 radical (unpaired) electrons. The number of thioether (sulfide) groups is 1. The Morgan fingerprint density at radius 2 is 2.24 bits per heavy atom. The highest BCUT2D eigenvalue weighted by atomic mass is 79.9. The van der Waals surface area contributed by atoms with E-state index in [0.717, 1.165) is 0 Å². The van der Waals surface area contributed by atoms with Gasteiger partial charge in [-0.1, -0.05) is 41.1 Å². The first-order valence-electron chi connectivity index (χ1n) is 6.21. The van der Waals surface area contributed by atoms with Crippen LogP contribution in [0.3, 0.4) is 0 Å². The number of rotatable bonds is 5. The molecule has 2 unspecified atom stereocenters. The molecule has 1 aliphatic heterocycles. The molecule has 0 aromatic heterocycles. The van der Waals surface area contributed by atoms with Gasteiger partial charge in [0.2, 0.25) is 0 Å². The molecule has 17 heavy (non-hydrogen) atoms. The highest BCUT2D eigenvalue weighted by molar-refractivity contribution is 9.09. The molecule has 3 heteroatoms. The quantitative estimate of drug-likeness (QED) is 0.756. The van der Waals surface area contributed by atoms with Crippen LogP contribution in [0.25, 0.3) is 0 Å². The summed E-state index contributed by atoms with van der Waals surface area (Å²) in [6, 6.07) is 8.85. The lowest BCUT2D eigenvalue weighted by molar-refractivity contribution is 0.315. The van der Waals surface area contributed by atoms with Crippen molar-refractivity contribution in [2.75, 3.05) is 25.9 Å². The Balaban J connectivity index is 1.88. The first kappa shape index (κ1) is 13.4. The maximum absolute atomic E-state index is 3.61. The minimum Gasteiger partial charge on any atom is -0.306 e. The standard InChI is InChI=1S/C14H20BrNS/c1-11(15)7-8-16(2)9-12-10-17-14-6-4-3-5-13(12)14/h3-6,11-12H,7-10H2,1-2H3. The Hall–Kier alpha value is 0.0100. The molecule has 1 heterocycles. The predicted octanol–water partition coefficient (Wildman–Crippen LogP) is 3.98. The van der Waals surface area contributed by atoms with E-state index in [4.69, 9.17) is 0 Å². The Labute approximate surface area is 117 Å². The second-order valence-electron chi connectivity index (χ2n) is 4.88. The van der Waals surface area contributed by atoms with E-state index in [1.165, 1.54) is 30.2 Å². The van der Waals surface area contributed by atoms with Gasteiger partial charge >= 0.3 is 0 Å². The number of likely N-dealkylation sites (N-methyl/N-ethyl adjacent to an activating group) is 1. The molecule has 1 aliphatic rings. The third-order valence-corrected chi connectivity index (χ3v) is 4.95. The van der Waals surface area contributed by atoms with Crippen LogP contribution in [0.4, 0.5) is 0 Å². The van der Waals surface area contributed by atoms with Crippen molar-refractivity contribution in [3.05, 3.63) is 29.8 Å². The van der Waals surface area contributed by atoms with E-state index in [2.05, 4.69) is 59.1 Å². The minimum absolute atomic E-state index is 0.621. The lowest BCUT2D eigenvalue weighted by atomic mass is 10.0. The van der Waals surface area contributed by atoms with Crippen LogP contribution in [0.2, 0.25) is 0 Å². The normalized spacial score (nSPS) is 20.6. The molecule has 2 rings (SSSR count). The number of benzene rings is 1. The van der Waals surface area contributed by atoms with E-state index >= 15 is 0 Å². The third kappa shape index (κ3) is 3.73. The monoisotopic (exact) mass is 313 g/mol. The van der Waals surface area contributed by atoms with E-state index in [-0.39, 0.29) is 0 Å². The number of halogens is 1. The number of hydrogen-bond donors (Lipinski definition) is 0. The van der Waals surface area contributed by atoms with E-state index < -0.39 is 0 Å². The molecule has 1 aromatic carbocycles. The average molecular weight is 314 g/mol. The summed E-state index contributed by atoms with van der Waals surface area (Å²) in [5.41, 5.74) is 1.55. The topological polar surface area (TPSA) is 3.24 Å². The van der Waals surface area contributed by atoms with Gasteiger partial charge in [-0.3, -0.25) is 0 Å². The molecule has 94 valence electrons. The zero-order valence-corrected chi connectivity index (χ0v) is 12.9. The fourth-order valence-corrected chi connectivity index (χ4v) is 3.69. The first-order chi connectivity index (χ1) is 8.16. The maximum atomic E-state index is 3.61. The van der Waals surface area contributed by atoms with Gasteiger partial charge in [-0.2, -0.15) is 0 Å². The summed E-state index contributed by atoms with van der Waals surface area (Å²) < 4.78 is 0. The van der Waals surface area contributed by atoms with Gasteiger partial charge in [0.1, 0.15) is 0 Å². The Morgan fingerprint density at radius 1 is 1.47 bits per heavy atom. The van der Waals surface area contributed by atoms with Gasteiger partial charge in [-0.05, 0) is 31.6 Å². The van der Waals surface area contributed by atoms with Gasteiger partial charge in [-0.15, -0.1) is 11.8 Å². The molecule has 1 nitrogen and oxygen atoms in total. The molecule has 0 amide bonds. The van der Waals surface area contributed by atoms with Crippen molar-refractivity contribution in [1.82, 2.24) is 4.90 Å². The van der Waals surface area contributed by atoms with E-state index in [9.17, 15) is 0 Å². The Morgan fingerprint density at radius 3 is 3.00 bits per heavy atom. The van der Waals surface area contributed by atoms with Crippen LogP contribution >= 0.6 is 27.7 Å². The van der Waals surface area contributed by atoms with Crippen LogP contribution in [0.1, 0.15) is 24.8 Å². The summed E-state index contributed by atoms with van der Waals surface area (Å²) >= 11 is 5.62. The average Bonchev–Trinajstić information content (AvgIpc) is 2.70. The van der Waals surface area contributed by atoms with Gasteiger partial charge in [0, 0.05) is 27.9 Å². The summed E-state index contributed by atoms with van der Waals surface area (Å²) in [5.74, 6) is 1.96. The third-order valence-electron chi connectivity index (χ3n) is 3.24.